The molecule has 0 unspecified atom stereocenters. The van der Waals surface area contributed by atoms with Crippen LogP contribution in [-0.4, -0.2) is 30.6 Å². The average molecular weight is 244 g/mol. The molecule has 0 saturated carbocycles. The minimum Gasteiger partial charge on any atom is -0.310 e. The second-order valence-electron chi connectivity index (χ2n) is 5.37. The molecule has 0 radical (unpaired) electrons. The Hall–Kier alpha value is -1.12. The van der Waals surface area contributed by atoms with Crippen molar-refractivity contribution in [3.8, 4) is 0 Å². The van der Waals surface area contributed by atoms with E-state index in [4.69, 9.17) is 0 Å². The lowest BCUT2D eigenvalue weighted by molar-refractivity contribution is 0.211. The summed E-state index contributed by atoms with van der Waals surface area (Å²) in [5.74, 6) is 0. The van der Waals surface area contributed by atoms with Gasteiger partial charge in [0.1, 0.15) is 0 Å². The number of piperidine rings is 1. The van der Waals surface area contributed by atoms with E-state index >= 15 is 0 Å². The van der Waals surface area contributed by atoms with Crippen molar-refractivity contribution in [2.45, 2.75) is 32.4 Å². The van der Waals surface area contributed by atoms with E-state index in [2.05, 4.69) is 54.1 Å². The molecule has 1 aliphatic heterocycles. The fraction of sp³-hybridized carbons (Fsp3) is 0.500. The zero-order valence-corrected chi connectivity index (χ0v) is 11.4. The van der Waals surface area contributed by atoms with E-state index < -0.39 is 0 Å². The number of rotatable bonds is 5. The topological polar surface area (TPSA) is 15.3 Å². The van der Waals surface area contributed by atoms with Gasteiger partial charge in [-0.15, -0.1) is 0 Å². The Morgan fingerprint density at radius 3 is 2.56 bits per heavy atom. The number of likely N-dealkylation sites (tertiary alicyclic amines) is 1. The highest BCUT2D eigenvalue weighted by molar-refractivity contribution is 5.14. The Morgan fingerprint density at radius 2 is 1.94 bits per heavy atom. The molecular formula is C16H24N2. The first kappa shape index (κ1) is 13.3. The molecule has 18 heavy (non-hydrogen) atoms. The Morgan fingerprint density at radius 1 is 1.28 bits per heavy atom. The van der Waals surface area contributed by atoms with Crippen molar-refractivity contribution in [3.63, 3.8) is 0 Å². The zero-order valence-electron chi connectivity index (χ0n) is 11.4. The average Bonchev–Trinajstić information content (AvgIpc) is 2.38. The van der Waals surface area contributed by atoms with E-state index in [-0.39, 0.29) is 0 Å². The molecule has 1 aliphatic rings. The summed E-state index contributed by atoms with van der Waals surface area (Å²) in [6, 6.07) is 11.3. The van der Waals surface area contributed by atoms with Crippen molar-refractivity contribution in [1.82, 2.24) is 10.2 Å². The second-order valence-corrected chi connectivity index (χ2v) is 5.37. The van der Waals surface area contributed by atoms with Crippen LogP contribution in [0.5, 0.6) is 0 Å². The molecule has 2 rings (SSSR count). The van der Waals surface area contributed by atoms with Crippen LogP contribution in [0.2, 0.25) is 0 Å². The highest BCUT2D eigenvalue weighted by atomic mass is 15.1. The molecular weight excluding hydrogens is 220 g/mol. The van der Waals surface area contributed by atoms with Crippen molar-refractivity contribution in [2.24, 2.45) is 0 Å². The number of hydrogen-bond donors (Lipinski definition) is 1. The number of nitrogens with zero attached hydrogens (tertiary/aromatic N) is 1. The Bertz CT molecular complexity index is 364. The molecule has 0 amide bonds. The van der Waals surface area contributed by atoms with Gasteiger partial charge in [-0.25, -0.2) is 0 Å². The van der Waals surface area contributed by atoms with Gasteiger partial charge >= 0.3 is 0 Å². The van der Waals surface area contributed by atoms with Gasteiger partial charge in [-0.3, -0.25) is 4.90 Å². The molecule has 2 heteroatoms. The minimum absolute atomic E-state index is 0.673. The minimum atomic E-state index is 0.673. The van der Waals surface area contributed by atoms with Crippen molar-refractivity contribution < 1.29 is 0 Å². The zero-order chi connectivity index (χ0) is 12.8. The number of nitrogens with one attached hydrogen (secondary N) is 1. The molecule has 0 bridgehead atoms. The van der Waals surface area contributed by atoms with E-state index in [0.717, 1.165) is 13.1 Å². The van der Waals surface area contributed by atoms with E-state index in [1.807, 2.05) is 0 Å². The van der Waals surface area contributed by atoms with Crippen LogP contribution >= 0.6 is 0 Å². The largest absolute Gasteiger partial charge is 0.310 e. The summed E-state index contributed by atoms with van der Waals surface area (Å²) in [5.41, 5.74) is 2.65. The molecule has 98 valence electrons. The summed E-state index contributed by atoms with van der Waals surface area (Å²) in [7, 11) is 0. The van der Waals surface area contributed by atoms with Crippen molar-refractivity contribution in [2.75, 3.05) is 19.6 Å². The first-order chi connectivity index (χ1) is 8.74. The van der Waals surface area contributed by atoms with E-state index in [1.165, 1.54) is 37.1 Å². The van der Waals surface area contributed by atoms with Crippen LogP contribution in [-0.2, 0) is 6.54 Å². The Balaban J connectivity index is 1.69. The first-order valence-electron chi connectivity index (χ1n) is 6.88. The lowest BCUT2D eigenvalue weighted by atomic mass is 10.0. The fourth-order valence-electron chi connectivity index (χ4n) is 2.53. The number of hydrogen-bond acceptors (Lipinski definition) is 2. The molecule has 1 aromatic rings. The van der Waals surface area contributed by atoms with Gasteiger partial charge in [-0.2, -0.15) is 0 Å². The van der Waals surface area contributed by atoms with Crippen LogP contribution in [0.4, 0.5) is 0 Å². The fourth-order valence-corrected chi connectivity index (χ4v) is 2.53. The predicted molar refractivity (Wildman–Crippen MR) is 77.6 cm³/mol. The molecule has 1 N–H and O–H groups in total. The van der Waals surface area contributed by atoms with Gasteiger partial charge in [0.2, 0.25) is 0 Å². The summed E-state index contributed by atoms with van der Waals surface area (Å²) in [4.78, 5) is 2.50. The van der Waals surface area contributed by atoms with Gasteiger partial charge in [0.25, 0.3) is 0 Å². The Kier molecular flexibility index (Phi) is 4.97. The van der Waals surface area contributed by atoms with Crippen molar-refractivity contribution >= 4 is 0 Å². The number of benzene rings is 1. The SMILES string of the molecule is C=C(C)CN1CCC(NCc2ccccc2)CC1. The second kappa shape index (κ2) is 6.72. The van der Waals surface area contributed by atoms with Crippen molar-refractivity contribution in [3.05, 3.63) is 48.0 Å². The summed E-state index contributed by atoms with van der Waals surface area (Å²) < 4.78 is 0. The van der Waals surface area contributed by atoms with E-state index in [1.54, 1.807) is 0 Å². The maximum atomic E-state index is 3.99. The van der Waals surface area contributed by atoms with Crippen LogP contribution in [0.15, 0.2) is 42.5 Å². The lowest BCUT2D eigenvalue weighted by Crippen LogP contribution is -2.42. The maximum Gasteiger partial charge on any atom is 0.0208 e. The van der Waals surface area contributed by atoms with Gasteiger partial charge in [0.05, 0.1) is 0 Å². The van der Waals surface area contributed by atoms with Gasteiger partial charge in [-0.1, -0.05) is 42.5 Å². The maximum absolute atomic E-state index is 3.99. The molecule has 0 spiro atoms. The van der Waals surface area contributed by atoms with Gasteiger partial charge in [0, 0.05) is 19.1 Å². The van der Waals surface area contributed by atoms with Crippen LogP contribution in [0.1, 0.15) is 25.3 Å². The van der Waals surface area contributed by atoms with E-state index in [9.17, 15) is 0 Å². The molecule has 1 aromatic carbocycles. The standard InChI is InChI=1S/C16H24N2/c1-14(2)13-18-10-8-16(9-11-18)17-12-15-6-4-3-5-7-15/h3-7,16-17H,1,8-13H2,2H3. The summed E-state index contributed by atoms with van der Waals surface area (Å²) in [6.45, 7) is 10.5. The monoisotopic (exact) mass is 244 g/mol. The molecule has 0 atom stereocenters. The third-order valence-electron chi connectivity index (χ3n) is 3.52. The summed E-state index contributed by atoms with van der Waals surface area (Å²) in [6.07, 6.45) is 2.50. The molecule has 0 aromatic heterocycles. The molecule has 0 aliphatic carbocycles. The molecule has 2 nitrogen and oxygen atoms in total. The van der Waals surface area contributed by atoms with Crippen LogP contribution in [0, 0.1) is 0 Å². The smallest absolute Gasteiger partial charge is 0.0208 e. The van der Waals surface area contributed by atoms with Crippen LogP contribution in [0.3, 0.4) is 0 Å². The highest BCUT2D eigenvalue weighted by Gasteiger charge is 2.18. The van der Waals surface area contributed by atoms with E-state index in [0.29, 0.717) is 6.04 Å². The van der Waals surface area contributed by atoms with Gasteiger partial charge in [-0.05, 0) is 38.4 Å². The molecule has 1 heterocycles. The van der Waals surface area contributed by atoms with Gasteiger partial charge < -0.3 is 5.32 Å². The van der Waals surface area contributed by atoms with Crippen LogP contribution in [0.25, 0.3) is 0 Å². The first-order valence-corrected chi connectivity index (χ1v) is 6.88. The van der Waals surface area contributed by atoms with Crippen LogP contribution < -0.4 is 5.32 Å². The third-order valence-corrected chi connectivity index (χ3v) is 3.52. The molecule has 1 fully saturated rings. The quantitative estimate of drug-likeness (QED) is 0.801. The van der Waals surface area contributed by atoms with Gasteiger partial charge in [0.15, 0.2) is 0 Å². The third kappa shape index (κ3) is 4.28. The summed E-state index contributed by atoms with van der Waals surface area (Å²) in [5, 5.41) is 3.66. The van der Waals surface area contributed by atoms with Crippen molar-refractivity contribution in [1.29, 1.82) is 0 Å². The normalized spacial score (nSPS) is 17.8. The highest BCUT2D eigenvalue weighted by Crippen LogP contribution is 2.12. The lowest BCUT2D eigenvalue weighted by Gasteiger charge is -2.32. The predicted octanol–water partition coefficient (Wildman–Crippen LogP) is 2.82. The summed E-state index contributed by atoms with van der Waals surface area (Å²) >= 11 is 0. The Labute approximate surface area is 111 Å². The molecule has 1 saturated heterocycles.